The molecule has 1 aliphatic rings. The molecule has 100 valence electrons. The summed E-state index contributed by atoms with van der Waals surface area (Å²) in [5.41, 5.74) is 0. The Hall–Kier alpha value is -0.610. The van der Waals surface area contributed by atoms with Gasteiger partial charge in [-0.15, -0.1) is 0 Å². The van der Waals surface area contributed by atoms with Crippen LogP contribution in [-0.2, 0) is 9.53 Å². The SMILES string of the molecule is COC(C)C(=O)N(C)C1CCN(C(C)C)CC1. The molecule has 1 saturated heterocycles. The minimum Gasteiger partial charge on any atom is -0.372 e. The molecule has 1 unspecified atom stereocenters. The lowest BCUT2D eigenvalue weighted by Gasteiger charge is -2.39. The predicted octanol–water partition coefficient (Wildman–Crippen LogP) is 1.35. The monoisotopic (exact) mass is 242 g/mol. The summed E-state index contributed by atoms with van der Waals surface area (Å²) >= 11 is 0. The van der Waals surface area contributed by atoms with Crippen LogP contribution in [0.5, 0.6) is 0 Å². The van der Waals surface area contributed by atoms with E-state index in [9.17, 15) is 4.79 Å². The molecule has 1 aliphatic heterocycles. The summed E-state index contributed by atoms with van der Waals surface area (Å²) in [5.74, 6) is 0.0931. The molecule has 0 aromatic carbocycles. The average Bonchev–Trinajstić information content (AvgIpc) is 2.36. The number of ether oxygens (including phenoxy) is 1. The van der Waals surface area contributed by atoms with Gasteiger partial charge in [0.2, 0.25) is 0 Å². The molecule has 0 aromatic heterocycles. The molecule has 1 fully saturated rings. The fourth-order valence-corrected chi connectivity index (χ4v) is 2.36. The number of amides is 1. The summed E-state index contributed by atoms with van der Waals surface area (Å²) < 4.78 is 5.08. The summed E-state index contributed by atoms with van der Waals surface area (Å²) in [6.07, 6.45) is 1.80. The first-order valence-corrected chi connectivity index (χ1v) is 6.50. The molecule has 4 heteroatoms. The predicted molar refractivity (Wildman–Crippen MR) is 69.0 cm³/mol. The Morgan fingerprint density at radius 2 is 1.82 bits per heavy atom. The van der Waals surface area contributed by atoms with Gasteiger partial charge in [-0.1, -0.05) is 0 Å². The van der Waals surface area contributed by atoms with E-state index in [1.54, 1.807) is 7.11 Å². The molecule has 17 heavy (non-hydrogen) atoms. The van der Waals surface area contributed by atoms with Gasteiger partial charge in [0.25, 0.3) is 5.91 Å². The van der Waals surface area contributed by atoms with Crippen LogP contribution < -0.4 is 0 Å². The minimum absolute atomic E-state index is 0.0931. The highest BCUT2D eigenvalue weighted by Gasteiger charge is 2.28. The Balaban J connectivity index is 2.45. The minimum atomic E-state index is -0.330. The van der Waals surface area contributed by atoms with E-state index in [2.05, 4.69) is 18.7 Å². The van der Waals surface area contributed by atoms with Crippen molar-refractivity contribution in [1.82, 2.24) is 9.80 Å². The Kier molecular flexibility index (Phi) is 5.40. The van der Waals surface area contributed by atoms with Crippen LogP contribution >= 0.6 is 0 Å². The van der Waals surface area contributed by atoms with Crippen LogP contribution in [0.15, 0.2) is 0 Å². The van der Waals surface area contributed by atoms with E-state index in [1.807, 2.05) is 18.9 Å². The topological polar surface area (TPSA) is 32.8 Å². The molecule has 1 heterocycles. The van der Waals surface area contributed by atoms with Crippen LogP contribution in [0, 0.1) is 0 Å². The third kappa shape index (κ3) is 3.68. The second kappa shape index (κ2) is 6.36. The number of methoxy groups -OCH3 is 1. The zero-order chi connectivity index (χ0) is 13.0. The molecule has 1 rings (SSSR count). The number of likely N-dealkylation sites (N-methyl/N-ethyl adjacent to an activating group) is 1. The van der Waals surface area contributed by atoms with Crippen LogP contribution in [0.25, 0.3) is 0 Å². The maximum atomic E-state index is 12.0. The first-order chi connectivity index (χ1) is 7.97. The number of nitrogens with zero attached hydrogens (tertiary/aromatic N) is 2. The molecule has 0 aromatic rings. The molecule has 1 atom stereocenters. The van der Waals surface area contributed by atoms with Gasteiger partial charge < -0.3 is 14.5 Å². The van der Waals surface area contributed by atoms with Crippen molar-refractivity contribution in [2.45, 2.75) is 51.8 Å². The van der Waals surface area contributed by atoms with E-state index < -0.39 is 0 Å². The number of piperidine rings is 1. The first-order valence-electron chi connectivity index (χ1n) is 6.50. The molecule has 4 nitrogen and oxygen atoms in total. The number of hydrogen-bond acceptors (Lipinski definition) is 3. The zero-order valence-corrected chi connectivity index (χ0v) is 11.8. The van der Waals surface area contributed by atoms with Crippen LogP contribution in [0.2, 0.25) is 0 Å². The van der Waals surface area contributed by atoms with Gasteiger partial charge in [0.05, 0.1) is 0 Å². The zero-order valence-electron chi connectivity index (χ0n) is 11.8. The number of carbonyl (C=O) groups is 1. The van der Waals surface area contributed by atoms with Crippen molar-refractivity contribution in [3.63, 3.8) is 0 Å². The van der Waals surface area contributed by atoms with Gasteiger partial charge in [-0.05, 0) is 33.6 Å². The molecule has 0 bridgehead atoms. The quantitative estimate of drug-likeness (QED) is 0.746. The summed E-state index contributed by atoms with van der Waals surface area (Å²) in [6.45, 7) is 8.43. The third-order valence-electron chi connectivity index (χ3n) is 3.83. The molecule has 0 radical (unpaired) electrons. The molecule has 0 aliphatic carbocycles. The van der Waals surface area contributed by atoms with Crippen molar-refractivity contribution in [2.75, 3.05) is 27.2 Å². The Bertz CT molecular complexity index is 248. The molecule has 0 spiro atoms. The molecular formula is C13H26N2O2. The Morgan fingerprint density at radius 1 is 1.29 bits per heavy atom. The van der Waals surface area contributed by atoms with Gasteiger partial charge in [-0.25, -0.2) is 0 Å². The number of likely N-dealkylation sites (tertiary alicyclic amines) is 1. The lowest BCUT2D eigenvalue weighted by Crippen LogP contribution is -2.49. The van der Waals surface area contributed by atoms with Crippen LogP contribution in [0.4, 0.5) is 0 Å². The standard InChI is InChI=1S/C13H26N2O2/c1-10(2)15-8-6-12(7-9-15)14(4)13(16)11(3)17-5/h10-12H,6-9H2,1-5H3. The fourth-order valence-electron chi connectivity index (χ4n) is 2.36. The highest BCUT2D eigenvalue weighted by molar-refractivity contribution is 5.80. The second-order valence-corrected chi connectivity index (χ2v) is 5.19. The first kappa shape index (κ1) is 14.5. The van der Waals surface area contributed by atoms with Crippen molar-refractivity contribution in [3.05, 3.63) is 0 Å². The lowest BCUT2D eigenvalue weighted by molar-refractivity contribution is -0.142. The smallest absolute Gasteiger partial charge is 0.251 e. The van der Waals surface area contributed by atoms with E-state index in [0.717, 1.165) is 25.9 Å². The summed E-state index contributed by atoms with van der Waals surface area (Å²) in [5, 5.41) is 0. The van der Waals surface area contributed by atoms with Crippen LogP contribution in [0.3, 0.4) is 0 Å². The van der Waals surface area contributed by atoms with Gasteiger partial charge in [0.1, 0.15) is 6.10 Å². The Morgan fingerprint density at radius 3 is 2.24 bits per heavy atom. The normalized spacial score (nSPS) is 20.6. The molecular weight excluding hydrogens is 216 g/mol. The maximum Gasteiger partial charge on any atom is 0.251 e. The van der Waals surface area contributed by atoms with Gasteiger partial charge in [-0.3, -0.25) is 4.79 Å². The van der Waals surface area contributed by atoms with Crippen LogP contribution in [0.1, 0.15) is 33.6 Å². The van der Waals surface area contributed by atoms with Gasteiger partial charge >= 0.3 is 0 Å². The van der Waals surface area contributed by atoms with Gasteiger partial charge in [0, 0.05) is 39.3 Å². The van der Waals surface area contributed by atoms with E-state index >= 15 is 0 Å². The van der Waals surface area contributed by atoms with E-state index in [4.69, 9.17) is 4.74 Å². The largest absolute Gasteiger partial charge is 0.372 e. The summed E-state index contributed by atoms with van der Waals surface area (Å²) in [4.78, 5) is 16.3. The Labute approximate surface area is 105 Å². The van der Waals surface area contributed by atoms with Crippen molar-refractivity contribution >= 4 is 5.91 Å². The third-order valence-corrected chi connectivity index (χ3v) is 3.83. The highest BCUT2D eigenvalue weighted by Crippen LogP contribution is 2.18. The van der Waals surface area contributed by atoms with Crippen LogP contribution in [-0.4, -0.2) is 61.1 Å². The van der Waals surface area contributed by atoms with Crippen molar-refractivity contribution in [2.24, 2.45) is 0 Å². The summed E-state index contributed by atoms with van der Waals surface area (Å²) in [6, 6.07) is 0.977. The van der Waals surface area contributed by atoms with Gasteiger partial charge in [-0.2, -0.15) is 0 Å². The number of carbonyl (C=O) groups excluding carboxylic acids is 1. The van der Waals surface area contributed by atoms with Crippen molar-refractivity contribution in [1.29, 1.82) is 0 Å². The van der Waals surface area contributed by atoms with E-state index in [-0.39, 0.29) is 12.0 Å². The average molecular weight is 242 g/mol. The van der Waals surface area contributed by atoms with Gasteiger partial charge in [0.15, 0.2) is 0 Å². The van der Waals surface area contributed by atoms with Crippen molar-refractivity contribution < 1.29 is 9.53 Å². The lowest BCUT2D eigenvalue weighted by atomic mass is 10.0. The number of rotatable bonds is 4. The number of hydrogen-bond donors (Lipinski definition) is 0. The van der Waals surface area contributed by atoms with E-state index in [0.29, 0.717) is 12.1 Å². The highest BCUT2D eigenvalue weighted by atomic mass is 16.5. The fraction of sp³-hybridized carbons (Fsp3) is 0.923. The van der Waals surface area contributed by atoms with Crippen molar-refractivity contribution in [3.8, 4) is 0 Å². The molecule has 1 amide bonds. The molecule has 0 N–H and O–H groups in total. The maximum absolute atomic E-state index is 12.0. The molecule has 0 saturated carbocycles. The second-order valence-electron chi connectivity index (χ2n) is 5.19. The summed E-state index contributed by atoms with van der Waals surface area (Å²) in [7, 11) is 3.48. The van der Waals surface area contributed by atoms with E-state index in [1.165, 1.54) is 0 Å².